The summed E-state index contributed by atoms with van der Waals surface area (Å²) in [5.41, 5.74) is 5.70. The van der Waals surface area contributed by atoms with E-state index in [-0.39, 0.29) is 18.1 Å². The number of aromatic nitrogens is 1. The fourth-order valence-corrected chi connectivity index (χ4v) is 3.29. The molecule has 3 N–H and O–H groups in total. The number of aliphatic carboxylic acids is 1. The van der Waals surface area contributed by atoms with Crippen LogP contribution in [0.4, 0.5) is 0 Å². The molecule has 0 radical (unpaired) electrons. The molecule has 1 atom stereocenters. The van der Waals surface area contributed by atoms with Gasteiger partial charge in [-0.3, -0.25) is 4.79 Å². The van der Waals surface area contributed by atoms with Crippen molar-refractivity contribution < 1.29 is 14.7 Å². The van der Waals surface area contributed by atoms with Gasteiger partial charge in [0.1, 0.15) is 16.7 Å². The summed E-state index contributed by atoms with van der Waals surface area (Å²) < 4.78 is 0. The van der Waals surface area contributed by atoms with Crippen molar-refractivity contribution in [2.75, 3.05) is 11.6 Å². The summed E-state index contributed by atoms with van der Waals surface area (Å²) in [5, 5.41) is 11.3. The Hall–Kier alpha value is -1.12. The Morgan fingerprint density at radius 1 is 1.65 bits per heavy atom. The fraction of sp³-hybridized carbons (Fsp3) is 0.444. The Balaban J connectivity index is 2.16. The first-order valence-corrected chi connectivity index (χ1v) is 6.93. The molecule has 1 amide bonds. The van der Waals surface area contributed by atoms with E-state index in [2.05, 4.69) is 4.98 Å². The maximum absolute atomic E-state index is 12.0. The summed E-state index contributed by atoms with van der Waals surface area (Å²) >= 11 is 2.74. The van der Waals surface area contributed by atoms with Gasteiger partial charge in [-0.25, -0.2) is 9.78 Å². The van der Waals surface area contributed by atoms with Crippen molar-refractivity contribution in [2.45, 2.75) is 12.6 Å². The van der Waals surface area contributed by atoms with Crippen molar-refractivity contribution >= 4 is 35.0 Å². The van der Waals surface area contributed by atoms with Crippen LogP contribution < -0.4 is 5.73 Å². The largest absolute Gasteiger partial charge is 0.480 e. The van der Waals surface area contributed by atoms with Crippen LogP contribution in [-0.4, -0.2) is 44.5 Å². The lowest BCUT2D eigenvalue weighted by atomic mass is 10.3. The van der Waals surface area contributed by atoms with Gasteiger partial charge in [-0.2, -0.15) is 0 Å². The van der Waals surface area contributed by atoms with Crippen molar-refractivity contribution in [2.24, 2.45) is 5.73 Å². The number of hydrogen-bond acceptors (Lipinski definition) is 6. The lowest BCUT2D eigenvalue weighted by Crippen LogP contribution is -2.41. The molecule has 1 aliphatic rings. The molecule has 92 valence electrons. The first-order chi connectivity index (χ1) is 8.13. The third-order valence-corrected chi connectivity index (χ3v) is 4.26. The number of carbonyl (C=O) groups is 2. The van der Waals surface area contributed by atoms with E-state index in [1.165, 1.54) is 28.0 Å². The monoisotopic (exact) mass is 273 g/mol. The average Bonchev–Trinajstić information content (AvgIpc) is 2.97. The third-order valence-electron chi connectivity index (χ3n) is 2.37. The standard InChI is InChI=1S/C9H11N3O3S2/c10-1-7-11-5(2-17-7)8(13)12-4-16-3-6(12)9(14)15/h2,6H,1,3-4,10H2,(H,14,15). The maximum Gasteiger partial charge on any atom is 0.327 e. The molecule has 0 aliphatic carbocycles. The first kappa shape index (κ1) is 12.3. The van der Waals surface area contributed by atoms with E-state index >= 15 is 0 Å². The van der Waals surface area contributed by atoms with E-state index in [0.29, 0.717) is 16.6 Å². The van der Waals surface area contributed by atoms with Crippen molar-refractivity contribution in [3.63, 3.8) is 0 Å². The van der Waals surface area contributed by atoms with Crippen LogP contribution in [0.1, 0.15) is 15.5 Å². The Labute approximate surface area is 106 Å². The van der Waals surface area contributed by atoms with Gasteiger partial charge in [0.15, 0.2) is 0 Å². The number of rotatable bonds is 3. The molecular weight excluding hydrogens is 262 g/mol. The van der Waals surface area contributed by atoms with Crippen LogP contribution in [0, 0.1) is 0 Å². The molecule has 8 heteroatoms. The normalized spacial score (nSPS) is 19.6. The number of nitrogens with zero attached hydrogens (tertiary/aromatic N) is 2. The molecule has 2 rings (SSSR count). The molecule has 1 fully saturated rings. The molecule has 1 aliphatic heterocycles. The molecule has 2 heterocycles. The number of carbonyl (C=O) groups excluding carboxylic acids is 1. The smallest absolute Gasteiger partial charge is 0.327 e. The van der Waals surface area contributed by atoms with Gasteiger partial charge in [0.05, 0.1) is 5.88 Å². The molecule has 0 spiro atoms. The number of amides is 1. The predicted molar refractivity (Wildman–Crippen MR) is 64.9 cm³/mol. The molecule has 0 saturated carbocycles. The van der Waals surface area contributed by atoms with Gasteiger partial charge < -0.3 is 15.7 Å². The highest BCUT2D eigenvalue weighted by molar-refractivity contribution is 7.99. The van der Waals surface area contributed by atoms with Crippen LogP contribution in [0.5, 0.6) is 0 Å². The minimum absolute atomic E-state index is 0.282. The Bertz CT molecular complexity index is 448. The zero-order valence-electron chi connectivity index (χ0n) is 8.83. The van der Waals surface area contributed by atoms with E-state index in [4.69, 9.17) is 10.8 Å². The van der Waals surface area contributed by atoms with E-state index in [1.54, 1.807) is 5.38 Å². The molecule has 0 aromatic carbocycles. The van der Waals surface area contributed by atoms with E-state index in [1.807, 2.05) is 0 Å². The van der Waals surface area contributed by atoms with Crippen molar-refractivity contribution in [3.8, 4) is 0 Å². The highest BCUT2D eigenvalue weighted by Gasteiger charge is 2.35. The van der Waals surface area contributed by atoms with Gasteiger partial charge in [-0.15, -0.1) is 23.1 Å². The summed E-state index contributed by atoms with van der Waals surface area (Å²) in [6.07, 6.45) is 0. The summed E-state index contributed by atoms with van der Waals surface area (Å²) in [5.74, 6) is -0.490. The quantitative estimate of drug-likeness (QED) is 0.816. The van der Waals surface area contributed by atoms with Crippen LogP contribution in [0.15, 0.2) is 5.38 Å². The fourth-order valence-electron chi connectivity index (χ4n) is 1.50. The highest BCUT2D eigenvalue weighted by atomic mass is 32.2. The van der Waals surface area contributed by atoms with E-state index in [0.717, 1.165) is 0 Å². The van der Waals surface area contributed by atoms with Crippen LogP contribution in [0.25, 0.3) is 0 Å². The summed E-state index contributed by atoms with van der Waals surface area (Å²) in [6, 6.07) is -0.754. The van der Waals surface area contributed by atoms with Gasteiger partial charge >= 0.3 is 5.97 Å². The lowest BCUT2D eigenvalue weighted by Gasteiger charge is -2.18. The summed E-state index contributed by atoms with van der Waals surface area (Å²) in [6.45, 7) is 0.287. The number of thioether (sulfide) groups is 1. The predicted octanol–water partition coefficient (Wildman–Crippen LogP) is 0.201. The molecule has 1 saturated heterocycles. The third kappa shape index (κ3) is 2.43. The number of nitrogens with two attached hydrogens (primary N) is 1. The van der Waals surface area contributed by atoms with Gasteiger partial charge in [0, 0.05) is 17.7 Å². The number of hydrogen-bond donors (Lipinski definition) is 2. The number of thiazole rings is 1. The van der Waals surface area contributed by atoms with Gasteiger partial charge in [0.2, 0.25) is 0 Å². The highest BCUT2D eigenvalue weighted by Crippen LogP contribution is 2.23. The second-order valence-corrected chi connectivity index (χ2v) is 5.40. The van der Waals surface area contributed by atoms with Crippen LogP contribution in [0.3, 0.4) is 0 Å². The maximum atomic E-state index is 12.0. The first-order valence-electron chi connectivity index (χ1n) is 4.89. The van der Waals surface area contributed by atoms with Crippen LogP contribution in [0.2, 0.25) is 0 Å². The Morgan fingerprint density at radius 2 is 2.41 bits per heavy atom. The average molecular weight is 273 g/mol. The molecule has 0 bridgehead atoms. The topological polar surface area (TPSA) is 96.5 Å². The van der Waals surface area contributed by atoms with E-state index in [9.17, 15) is 9.59 Å². The zero-order chi connectivity index (χ0) is 12.4. The van der Waals surface area contributed by atoms with Crippen LogP contribution in [-0.2, 0) is 11.3 Å². The SMILES string of the molecule is NCc1nc(C(=O)N2CSCC2C(=O)O)cs1. The summed E-state index contributed by atoms with van der Waals surface area (Å²) in [7, 11) is 0. The molecular formula is C9H11N3O3S2. The van der Waals surface area contributed by atoms with Crippen molar-refractivity contribution in [1.29, 1.82) is 0 Å². The Kier molecular flexibility index (Phi) is 3.65. The molecule has 1 unspecified atom stereocenters. The second-order valence-electron chi connectivity index (χ2n) is 3.46. The molecule has 17 heavy (non-hydrogen) atoms. The molecule has 1 aromatic heterocycles. The lowest BCUT2D eigenvalue weighted by molar-refractivity contribution is -0.140. The zero-order valence-corrected chi connectivity index (χ0v) is 10.5. The molecule has 6 nitrogen and oxygen atoms in total. The minimum atomic E-state index is -0.974. The molecule has 1 aromatic rings. The number of carboxylic acids is 1. The van der Waals surface area contributed by atoms with Crippen LogP contribution >= 0.6 is 23.1 Å². The van der Waals surface area contributed by atoms with E-state index < -0.39 is 12.0 Å². The number of carboxylic acid groups (broad SMARTS) is 1. The minimum Gasteiger partial charge on any atom is -0.480 e. The van der Waals surface area contributed by atoms with Crippen molar-refractivity contribution in [1.82, 2.24) is 9.88 Å². The summed E-state index contributed by atoms with van der Waals surface area (Å²) in [4.78, 5) is 28.4. The Morgan fingerprint density at radius 3 is 3.00 bits per heavy atom. The van der Waals surface area contributed by atoms with Crippen molar-refractivity contribution in [3.05, 3.63) is 16.1 Å². The van der Waals surface area contributed by atoms with Gasteiger partial charge in [-0.05, 0) is 0 Å². The van der Waals surface area contributed by atoms with Gasteiger partial charge in [-0.1, -0.05) is 0 Å². The van der Waals surface area contributed by atoms with Gasteiger partial charge in [0.25, 0.3) is 5.91 Å². The second kappa shape index (κ2) is 5.03.